The average Bonchev–Trinajstić information content (AvgIpc) is 3.09. The van der Waals surface area contributed by atoms with E-state index < -0.39 is 10.0 Å². The van der Waals surface area contributed by atoms with Gasteiger partial charge >= 0.3 is 0 Å². The Morgan fingerprint density at radius 3 is 2.68 bits per heavy atom. The van der Waals surface area contributed by atoms with Gasteiger partial charge in [-0.05, 0) is 44.9 Å². The molecule has 0 aromatic heterocycles. The molecule has 138 valence electrons. The fraction of sp³-hybridized carbons (Fsp3) is 0.611. The number of carbonyl (C=O) groups excluding carboxylic acids is 1. The van der Waals surface area contributed by atoms with E-state index in [1.165, 1.54) is 6.07 Å². The molecule has 2 fully saturated rings. The van der Waals surface area contributed by atoms with Crippen molar-refractivity contribution in [2.45, 2.75) is 62.6 Å². The molecular weight excluding hydrogens is 338 g/mol. The van der Waals surface area contributed by atoms with E-state index in [0.717, 1.165) is 32.2 Å². The molecule has 2 aliphatic rings. The Morgan fingerprint density at radius 1 is 1.24 bits per heavy atom. The molecule has 1 heterocycles. The largest absolute Gasteiger partial charge is 0.333 e. The molecule has 0 bridgehead atoms. The van der Waals surface area contributed by atoms with Gasteiger partial charge in [0, 0.05) is 36.8 Å². The molecule has 0 radical (unpaired) electrons. The molecule has 6 nitrogen and oxygen atoms in total. The van der Waals surface area contributed by atoms with E-state index in [1.54, 1.807) is 18.2 Å². The third kappa shape index (κ3) is 4.04. The van der Waals surface area contributed by atoms with Crippen molar-refractivity contribution in [3.63, 3.8) is 0 Å². The molecule has 1 saturated carbocycles. The number of carbonyl (C=O) groups is 1. The van der Waals surface area contributed by atoms with E-state index in [2.05, 4.69) is 17.0 Å². The van der Waals surface area contributed by atoms with Crippen LogP contribution in [0.1, 0.15) is 49.9 Å². The van der Waals surface area contributed by atoms with Gasteiger partial charge in [-0.3, -0.25) is 4.79 Å². The summed E-state index contributed by atoms with van der Waals surface area (Å²) in [7, 11) is -3.59. The summed E-state index contributed by atoms with van der Waals surface area (Å²) in [5.74, 6) is -0.112. The van der Waals surface area contributed by atoms with Gasteiger partial charge < -0.3 is 10.2 Å². The highest BCUT2D eigenvalue weighted by molar-refractivity contribution is 7.89. The van der Waals surface area contributed by atoms with Crippen molar-refractivity contribution in [3.05, 3.63) is 29.8 Å². The van der Waals surface area contributed by atoms with Gasteiger partial charge in [-0.2, -0.15) is 0 Å². The Labute approximate surface area is 150 Å². The number of piperazine rings is 1. The molecule has 1 aromatic rings. The van der Waals surface area contributed by atoms with Gasteiger partial charge in [0.25, 0.3) is 5.91 Å². The molecule has 1 saturated heterocycles. The molecule has 1 aliphatic heterocycles. The van der Waals surface area contributed by atoms with Gasteiger partial charge in [0.2, 0.25) is 10.0 Å². The van der Waals surface area contributed by atoms with Crippen molar-refractivity contribution in [1.29, 1.82) is 0 Å². The molecule has 1 aromatic carbocycles. The lowest BCUT2D eigenvalue weighted by atomic mass is 10.1. The Hall–Kier alpha value is -1.44. The Bertz CT molecular complexity index is 729. The molecular formula is C18H27N3O3S. The van der Waals surface area contributed by atoms with Gasteiger partial charge in [0.15, 0.2) is 0 Å². The number of amides is 1. The maximum absolute atomic E-state index is 12.9. The summed E-state index contributed by atoms with van der Waals surface area (Å²) in [4.78, 5) is 14.8. The van der Waals surface area contributed by atoms with Crippen molar-refractivity contribution in [2.24, 2.45) is 0 Å². The normalized spacial score (nSPS) is 25.3. The Kier molecular flexibility index (Phi) is 5.46. The van der Waals surface area contributed by atoms with Crippen molar-refractivity contribution in [3.8, 4) is 0 Å². The predicted molar refractivity (Wildman–Crippen MR) is 97.0 cm³/mol. The van der Waals surface area contributed by atoms with Crippen LogP contribution in [0.15, 0.2) is 29.2 Å². The van der Waals surface area contributed by atoms with E-state index >= 15 is 0 Å². The number of sulfonamides is 1. The van der Waals surface area contributed by atoms with Crippen LogP contribution < -0.4 is 10.0 Å². The zero-order valence-electron chi connectivity index (χ0n) is 14.9. The van der Waals surface area contributed by atoms with Crippen LogP contribution in [-0.2, 0) is 10.0 Å². The second kappa shape index (κ2) is 7.43. The van der Waals surface area contributed by atoms with Gasteiger partial charge in [-0.15, -0.1) is 0 Å². The lowest BCUT2D eigenvalue weighted by molar-refractivity contribution is 0.0602. The first kappa shape index (κ1) is 18.4. The molecule has 2 atom stereocenters. The highest BCUT2D eigenvalue weighted by atomic mass is 32.2. The number of nitrogens with zero attached hydrogens (tertiary/aromatic N) is 1. The summed E-state index contributed by atoms with van der Waals surface area (Å²) in [5, 5.41) is 3.34. The number of benzene rings is 1. The number of nitrogens with one attached hydrogen (secondary N) is 2. The lowest BCUT2D eigenvalue weighted by Gasteiger charge is -2.38. The summed E-state index contributed by atoms with van der Waals surface area (Å²) >= 11 is 0. The van der Waals surface area contributed by atoms with E-state index in [-0.39, 0.29) is 28.9 Å². The smallest absolute Gasteiger partial charge is 0.254 e. The monoisotopic (exact) mass is 365 g/mol. The Balaban J connectivity index is 1.79. The topological polar surface area (TPSA) is 78.5 Å². The van der Waals surface area contributed by atoms with Crippen LogP contribution in [0, 0.1) is 0 Å². The van der Waals surface area contributed by atoms with Crippen molar-refractivity contribution in [2.75, 3.05) is 13.1 Å². The first-order chi connectivity index (χ1) is 11.9. The second-order valence-corrected chi connectivity index (χ2v) is 8.83. The molecule has 3 rings (SSSR count). The zero-order valence-corrected chi connectivity index (χ0v) is 15.7. The second-order valence-electron chi connectivity index (χ2n) is 7.11. The van der Waals surface area contributed by atoms with E-state index in [9.17, 15) is 13.2 Å². The van der Waals surface area contributed by atoms with Crippen LogP contribution in [0.25, 0.3) is 0 Å². The third-order valence-electron chi connectivity index (χ3n) is 5.36. The fourth-order valence-electron chi connectivity index (χ4n) is 3.64. The minimum Gasteiger partial charge on any atom is -0.333 e. The summed E-state index contributed by atoms with van der Waals surface area (Å²) in [5.41, 5.74) is 0.426. The van der Waals surface area contributed by atoms with Crippen LogP contribution in [0.4, 0.5) is 0 Å². The standard InChI is InChI=1S/C18H27N3O3S/c1-13-14(2)21(11-10-19-13)18(22)15-6-5-9-17(12-15)25(23,24)20-16-7-3-4-8-16/h5-6,9,12-14,16,19-20H,3-4,7-8,10-11H2,1-2H3. The predicted octanol–water partition coefficient (Wildman–Crippen LogP) is 1.73. The highest BCUT2D eigenvalue weighted by Gasteiger charge is 2.29. The van der Waals surface area contributed by atoms with E-state index in [0.29, 0.717) is 12.1 Å². The lowest BCUT2D eigenvalue weighted by Crippen LogP contribution is -2.57. The van der Waals surface area contributed by atoms with Crippen LogP contribution in [-0.4, -0.2) is 50.4 Å². The van der Waals surface area contributed by atoms with Gasteiger partial charge in [0.1, 0.15) is 0 Å². The molecule has 2 N–H and O–H groups in total. The first-order valence-corrected chi connectivity index (χ1v) is 10.5. The van der Waals surface area contributed by atoms with Crippen molar-refractivity contribution in [1.82, 2.24) is 14.9 Å². The van der Waals surface area contributed by atoms with Crippen molar-refractivity contribution < 1.29 is 13.2 Å². The summed E-state index contributed by atoms with van der Waals surface area (Å²) in [6, 6.07) is 6.69. The number of hydrogen-bond acceptors (Lipinski definition) is 4. The third-order valence-corrected chi connectivity index (χ3v) is 6.88. The number of rotatable bonds is 4. The van der Waals surface area contributed by atoms with Crippen LogP contribution >= 0.6 is 0 Å². The minimum absolute atomic E-state index is 0.0124. The van der Waals surface area contributed by atoms with Crippen LogP contribution in [0.2, 0.25) is 0 Å². The molecule has 7 heteroatoms. The maximum Gasteiger partial charge on any atom is 0.254 e. The quantitative estimate of drug-likeness (QED) is 0.852. The highest BCUT2D eigenvalue weighted by Crippen LogP contribution is 2.21. The van der Waals surface area contributed by atoms with E-state index in [4.69, 9.17) is 0 Å². The van der Waals surface area contributed by atoms with Crippen LogP contribution in [0.5, 0.6) is 0 Å². The summed E-state index contributed by atoms with van der Waals surface area (Å²) < 4.78 is 28.0. The van der Waals surface area contributed by atoms with E-state index in [1.807, 2.05) is 11.8 Å². The molecule has 25 heavy (non-hydrogen) atoms. The molecule has 0 spiro atoms. The fourth-order valence-corrected chi connectivity index (χ4v) is 4.99. The molecule has 1 amide bonds. The number of hydrogen-bond donors (Lipinski definition) is 2. The Morgan fingerprint density at radius 2 is 1.96 bits per heavy atom. The minimum atomic E-state index is -3.59. The average molecular weight is 365 g/mol. The van der Waals surface area contributed by atoms with Gasteiger partial charge in [-0.25, -0.2) is 13.1 Å². The molecule has 1 aliphatic carbocycles. The first-order valence-electron chi connectivity index (χ1n) is 9.05. The molecule has 2 unspecified atom stereocenters. The summed E-state index contributed by atoms with van der Waals surface area (Å²) in [6.07, 6.45) is 3.89. The zero-order chi connectivity index (χ0) is 18.0. The van der Waals surface area contributed by atoms with Crippen LogP contribution in [0.3, 0.4) is 0 Å². The maximum atomic E-state index is 12.9. The van der Waals surface area contributed by atoms with Gasteiger partial charge in [-0.1, -0.05) is 18.9 Å². The van der Waals surface area contributed by atoms with Crippen molar-refractivity contribution >= 4 is 15.9 Å². The summed E-state index contributed by atoms with van der Waals surface area (Å²) in [6.45, 7) is 5.44. The SMILES string of the molecule is CC1NCCN(C(=O)c2cccc(S(=O)(=O)NC3CCCC3)c2)C1C. The van der Waals surface area contributed by atoms with Gasteiger partial charge in [0.05, 0.1) is 4.90 Å².